The number of rotatable bonds is 47. The monoisotopic (exact) mass is 853 g/mol. The zero-order valence-corrected chi connectivity index (χ0v) is 39.6. The average Bonchev–Trinajstić information content (AvgIpc) is 3.22. The zero-order chi connectivity index (χ0) is 43.2. The van der Waals surface area contributed by atoms with Gasteiger partial charge in [-0.1, -0.05) is 224 Å². The first-order valence-corrected chi connectivity index (χ1v) is 26.6. The Hall–Kier alpha value is -1.28. The summed E-state index contributed by atoms with van der Waals surface area (Å²) in [6.45, 7) is 4.15. The van der Waals surface area contributed by atoms with Crippen molar-refractivity contribution in [2.24, 2.45) is 5.73 Å². The van der Waals surface area contributed by atoms with Crippen molar-refractivity contribution in [3.63, 3.8) is 0 Å². The smallest absolute Gasteiger partial charge is 0.387 e. The minimum atomic E-state index is -4.34. The third-order valence-corrected chi connectivity index (χ3v) is 12.2. The SMILES string of the molecule is CCCCCCC/C=C\C/C=C\CCCCCCCCCCCCCC(=O)NC(COP(=O)(O)OCCN)C(O)/C=C/CCCCCCCCCCCCCCCCC. The summed E-state index contributed by atoms with van der Waals surface area (Å²) >= 11 is 0. The molecule has 0 aliphatic carbocycles. The van der Waals surface area contributed by atoms with Crippen LogP contribution in [-0.4, -0.2) is 47.8 Å². The van der Waals surface area contributed by atoms with Gasteiger partial charge in [0.2, 0.25) is 5.91 Å². The van der Waals surface area contributed by atoms with Gasteiger partial charge in [-0.05, 0) is 51.4 Å². The van der Waals surface area contributed by atoms with Crippen LogP contribution in [0.1, 0.15) is 245 Å². The highest BCUT2D eigenvalue weighted by Crippen LogP contribution is 2.43. The van der Waals surface area contributed by atoms with E-state index < -0.39 is 20.0 Å². The van der Waals surface area contributed by atoms with Crippen LogP contribution in [0, 0.1) is 0 Å². The van der Waals surface area contributed by atoms with Crippen LogP contribution in [0.4, 0.5) is 0 Å². The molecule has 59 heavy (non-hydrogen) atoms. The van der Waals surface area contributed by atoms with Gasteiger partial charge in [0.25, 0.3) is 0 Å². The Labute approximate surface area is 365 Å². The van der Waals surface area contributed by atoms with Crippen LogP contribution in [0.3, 0.4) is 0 Å². The van der Waals surface area contributed by atoms with Crippen LogP contribution in [0.25, 0.3) is 0 Å². The maximum atomic E-state index is 12.8. The summed E-state index contributed by atoms with van der Waals surface area (Å²) in [6.07, 6.45) is 56.3. The van der Waals surface area contributed by atoms with Crippen molar-refractivity contribution in [2.75, 3.05) is 19.8 Å². The second-order valence-electron chi connectivity index (χ2n) is 17.0. The highest BCUT2D eigenvalue weighted by atomic mass is 31.2. The summed E-state index contributed by atoms with van der Waals surface area (Å²) < 4.78 is 22.2. The van der Waals surface area contributed by atoms with Gasteiger partial charge in [-0.15, -0.1) is 0 Å². The molecule has 0 saturated carbocycles. The van der Waals surface area contributed by atoms with E-state index in [2.05, 4.69) is 43.5 Å². The third-order valence-electron chi connectivity index (χ3n) is 11.2. The Bertz CT molecular complexity index is 1020. The van der Waals surface area contributed by atoms with Crippen LogP contribution < -0.4 is 11.1 Å². The van der Waals surface area contributed by atoms with Crippen molar-refractivity contribution in [3.05, 3.63) is 36.5 Å². The highest BCUT2D eigenvalue weighted by molar-refractivity contribution is 7.47. The van der Waals surface area contributed by atoms with Crippen LogP contribution in [0.2, 0.25) is 0 Å². The molecule has 3 atom stereocenters. The number of allylic oxidation sites excluding steroid dienone is 5. The normalized spacial score (nSPS) is 14.2. The lowest BCUT2D eigenvalue weighted by atomic mass is 10.0. The second kappa shape index (κ2) is 46.2. The summed E-state index contributed by atoms with van der Waals surface area (Å²) in [6, 6.07) is -0.861. The van der Waals surface area contributed by atoms with Gasteiger partial charge in [0.15, 0.2) is 0 Å². The van der Waals surface area contributed by atoms with Gasteiger partial charge in [0, 0.05) is 13.0 Å². The average molecular weight is 853 g/mol. The van der Waals surface area contributed by atoms with E-state index in [0.29, 0.717) is 6.42 Å². The molecule has 0 aromatic rings. The van der Waals surface area contributed by atoms with Crippen LogP contribution in [-0.2, 0) is 18.4 Å². The van der Waals surface area contributed by atoms with Crippen molar-refractivity contribution in [3.8, 4) is 0 Å². The maximum Gasteiger partial charge on any atom is 0.472 e. The summed E-state index contributed by atoms with van der Waals surface area (Å²) in [5.74, 6) is -0.195. The Morgan fingerprint density at radius 3 is 1.34 bits per heavy atom. The van der Waals surface area contributed by atoms with Gasteiger partial charge in [-0.2, -0.15) is 0 Å². The molecule has 0 spiro atoms. The Balaban J connectivity index is 4.09. The maximum absolute atomic E-state index is 12.8. The Morgan fingerprint density at radius 2 is 0.932 bits per heavy atom. The molecule has 8 nitrogen and oxygen atoms in total. The number of nitrogens with two attached hydrogens (primary N) is 1. The molecule has 0 radical (unpaired) electrons. The van der Waals surface area contributed by atoms with Gasteiger partial charge < -0.3 is 21.1 Å². The molecule has 0 saturated heterocycles. The number of phosphoric acid groups is 1. The van der Waals surface area contributed by atoms with E-state index in [1.807, 2.05) is 6.08 Å². The molecule has 0 rings (SSSR count). The first-order valence-electron chi connectivity index (χ1n) is 25.1. The van der Waals surface area contributed by atoms with Gasteiger partial charge in [-0.3, -0.25) is 13.8 Å². The molecule has 3 unspecified atom stereocenters. The van der Waals surface area contributed by atoms with Gasteiger partial charge in [0.05, 0.1) is 25.4 Å². The molecule has 1 amide bonds. The molecule has 0 bridgehead atoms. The quantitative estimate of drug-likeness (QED) is 0.0272. The van der Waals surface area contributed by atoms with E-state index in [0.717, 1.165) is 44.9 Å². The van der Waals surface area contributed by atoms with E-state index in [1.54, 1.807) is 6.08 Å². The minimum absolute atomic E-state index is 0.0784. The molecular weight excluding hydrogens is 756 g/mol. The predicted octanol–water partition coefficient (Wildman–Crippen LogP) is 14.7. The summed E-state index contributed by atoms with van der Waals surface area (Å²) in [7, 11) is -4.34. The number of carbonyl (C=O) groups excluding carboxylic acids is 1. The standard InChI is InChI=1S/C50H97N2O6P/c1-3-5-7-9-11-13-15-17-19-21-22-23-24-25-26-28-30-32-34-36-38-40-42-44-50(54)52-48(47-58-59(55,56)57-46-45-51)49(53)43-41-39-37-35-33-31-29-27-20-18-16-14-12-10-8-6-4-2/h15,17,21-22,41,43,48-49,53H,3-14,16,18-20,23-40,42,44-47,51H2,1-2H3,(H,52,54)(H,55,56)/b17-15-,22-21-,43-41+. The lowest BCUT2D eigenvalue weighted by Crippen LogP contribution is -2.45. The number of carbonyl (C=O) groups is 1. The number of phosphoric ester groups is 1. The van der Waals surface area contributed by atoms with E-state index in [9.17, 15) is 19.4 Å². The lowest BCUT2D eigenvalue weighted by Gasteiger charge is -2.23. The van der Waals surface area contributed by atoms with Gasteiger partial charge in [0.1, 0.15) is 0 Å². The molecule has 0 fully saturated rings. The van der Waals surface area contributed by atoms with E-state index in [1.165, 1.54) is 180 Å². The summed E-state index contributed by atoms with van der Waals surface area (Å²) in [5, 5.41) is 13.7. The minimum Gasteiger partial charge on any atom is -0.387 e. The third kappa shape index (κ3) is 44.6. The summed E-state index contributed by atoms with van der Waals surface area (Å²) in [4.78, 5) is 22.8. The molecule has 0 aliphatic heterocycles. The molecule has 0 aliphatic rings. The van der Waals surface area contributed by atoms with E-state index in [-0.39, 0.29) is 25.7 Å². The van der Waals surface area contributed by atoms with E-state index >= 15 is 0 Å². The fourth-order valence-electron chi connectivity index (χ4n) is 7.40. The molecular formula is C50H97N2O6P. The molecule has 348 valence electrons. The Morgan fingerprint density at radius 1 is 0.559 bits per heavy atom. The first-order chi connectivity index (χ1) is 28.9. The molecule has 0 heterocycles. The van der Waals surface area contributed by atoms with Crippen molar-refractivity contribution in [2.45, 2.75) is 257 Å². The number of nitrogens with one attached hydrogen (secondary N) is 1. The van der Waals surface area contributed by atoms with Crippen molar-refractivity contribution in [1.82, 2.24) is 5.32 Å². The number of hydrogen-bond donors (Lipinski definition) is 4. The largest absolute Gasteiger partial charge is 0.472 e. The number of aliphatic hydroxyl groups excluding tert-OH is 1. The first kappa shape index (κ1) is 57.7. The molecule has 0 aromatic heterocycles. The Kier molecular flexibility index (Phi) is 45.2. The number of amides is 1. The van der Waals surface area contributed by atoms with Crippen molar-refractivity contribution in [1.29, 1.82) is 0 Å². The summed E-state index contributed by atoms with van der Waals surface area (Å²) in [5.41, 5.74) is 5.39. The fourth-order valence-corrected chi connectivity index (χ4v) is 8.16. The van der Waals surface area contributed by atoms with Gasteiger partial charge >= 0.3 is 7.82 Å². The predicted molar refractivity (Wildman–Crippen MR) is 254 cm³/mol. The van der Waals surface area contributed by atoms with Crippen LogP contribution in [0.5, 0.6) is 0 Å². The lowest BCUT2D eigenvalue weighted by molar-refractivity contribution is -0.123. The number of aliphatic hydroxyl groups is 1. The fraction of sp³-hybridized carbons (Fsp3) is 0.860. The topological polar surface area (TPSA) is 131 Å². The van der Waals surface area contributed by atoms with Crippen molar-refractivity contribution >= 4 is 13.7 Å². The van der Waals surface area contributed by atoms with Crippen LogP contribution >= 0.6 is 7.82 Å². The number of hydrogen-bond acceptors (Lipinski definition) is 6. The van der Waals surface area contributed by atoms with E-state index in [4.69, 9.17) is 14.8 Å². The van der Waals surface area contributed by atoms with Crippen LogP contribution in [0.15, 0.2) is 36.5 Å². The van der Waals surface area contributed by atoms with Gasteiger partial charge in [-0.25, -0.2) is 4.57 Å². The van der Waals surface area contributed by atoms with Crippen molar-refractivity contribution < 1.29 is 28.4 Å². The molecule has 9 heteroatoms. The molecule has 0 aromatic carbocycles. The highest BCUT2D eigenvalue weighted by Gasteiger charge is 2.26. The zero-order valence-electron chi connectivity index (χ0n) is 38.7. The molecule has 5 N–H and O–H groups in total. The number of unbranched alkanes of at least 4 members (excludes halogenated alkanes) is 31. The second-order valence-corrected chi connectivity index (χ2v) is 18.5.